The number of benzene rings is 3. The van der Waals surface area contributed by atoms with Gasteiger partial charge in [-0.15, -0.1) is 0 Å². The molecule has 1 N–H and O–H groups in total. The molecule has 1 unspecified atom stereocenters. The molecule has 138 valence electrons. The van der Waals surface area contributed by atoms with Crippen molar-refractivity contribution in [3.63, 3.8) is 0 Å². The summed E-state index contributed by atoms with van der Waals surface area (Å²) in [4.78, 5) is 37.6. The first-order chi connectivity index (χ1) is 13.6. The molecular weight excluding hydrogens is 358 g/mol. The van der Waals surface area contributed by atoms with E-state index in [0.29, 0.717) is 11.3 Å². The van der Waals surface area contributed by atoms with Gasteiger partial charge in [0.15, 0.2) is 0 Å². The molecule has 3 aromatic carbocycles. The highest BCUT2D eigenvalue weighted by molar-refractivity contribution is 6.24. The van der Waals surface area contributed by atoms with Crippen molar-refractivity contribution in [2.24, 2.45) is 0 Å². The monoisotopic (exact) mass is 373 g/mol. The first-order valence-electron chi connectivity index (χ1n) is 8.99. The average Bonchev–Trinajstić information content (AvgIpc) is 3.00. The minimum Gasteiger partial charge on any atom is -0.465 e. The second-order valence-corrected chi connectivity index (χ2v) is 6.66. The van der Waals surface area contributed by atoms with Gasteiger partial charge < -0.3 is 14.8 Å². The molecule has 0 aliphatic carbocycles. The van der Waals surface area contributed by atoms with E-state index < -0.39 is 23.8 Å². The lowest BCUT2D eigenvalue weighted by Gasteiger charge is -2.27. The van der Waals surface area contributed by atoms with E-state index >= 15 is 0 Å². The van der Waals surface area contributed by atoms with E-state index in [1.54, 1.807) is 6.92 Å². The van der Waals surface area contributed by atoms with Crippen molar-refractivity contribution in [3.8, 4) is 0 Å². The van der Waals surface area contributed by atoms with Gasteiger partial charge in [-0.25, -0.2) is 9.59 Å². The van der Waals surface area contributed by atoms with E-state index in [9.17, 15) is 14.4 Å². The van der Waals surface area contributed by atoms with E-state index in [-0.39, 0.29) is 17.9 Å². The van der Waals surface area contributed by atoms with Gasteiger partial charge in [0.2, 0.25) is 0 Å². The Balaban J connectivity index is 1.93. The fourth-order valence-corrected chi connectivity index (χ4v) is 4.12. The van der Waals surface area contributed by atoms with E-state index in [0.717, 1.165) is 21.5 Å². The van der Waals surface area contributed by atoms with Crippen LogP contribution in [-0.2, 0) is 23.9 Å². The molecule has 28 heavy (non-hydrogen) atoms. The maximum atomic E-state index is 12.9. The Hall–Kier alpha value is -3.67. The van der Waals surface area contributed by atoms with E-state index in [2.05, 4.69) is 5.32 Å². The van der Waals surface area contributed by atoms with Crippen LogP contribution in [0.2, 0.25) is 0 Å². The molecular formula is C22H15NO5. The number of hydrogen-bond acceptors (Lipinski definition) is 6. The first kappa shape index (κ1) is 16.5. The lowest BCUT2D eigenvalue weighted by Crippen LogP contribution is -2.27. The summed E-state index contributed by atoms with van der Waals surface area (Å²) in [5, 5.41) is 6.68. The maximum absolute atomic E-state index is 12.9. The summed E-state index contributed by atoms with van der Waals surface area (Å²) < 4.78 is 10.1. The Morgan fingerprint density at radius 2 is 1.57 bits per heavy atom. The Kier molecular flexibility index (Phi) is 3.49. The topological polar surface area (TPSA) is 81.7 Å². The van der Waals surface area contributed by atoms with Crippen LogP contribution < -0.4 is 5.32 Å². The smallest absolute Gasteiger partial charge is 0.363 e. The number of fused-ring (bicyclic) bond motifs is 6. The van der Waals surface area contributed by atoms with Crippen molar-refractivity contribution >= 4 is 45.1 Å². The Bertz CT molecular complexity index is 1240. The van der Waals surface area contributed by atoms with Gasteiger partial charge >= 0.3 is 17.9 Å². The summed E-state index contributed by atoms with van der Waals surface area (Å²) in [6, 6.07) is 15.4. The number of anilines is 1. The van der Waals surface area contributed by atoms with Crippen LogP contribution in [-0.4, -0.2) is 24.5 Å². The fourth-order valence-electron chi connectivity index (χ4n) is 4.12. The Morgan fingerprint density at radius 1 is 0.964 bits per heavy atom. The molecule has 0 saturated heterocycles. The van der Waals surface area contributed by atoms with Crippen molar-refractivity contribution in [2.45, 2.75) is 12.8 Å². The number of nitrogens with one attached hydrogen (secondary N) is 1. The van der Waals surface area contributed by atoms with Crippen LogP contribution in [0.1, 0.15) is 18.4 Å². The summed E-state index contributed by atoms with van der Waals surface area (Å²) in [7, 11) is 0. The molecule has 0 aromatic heterocycles. The normalized spacial score (nSPS) is 18.0. The summed E-state index contributed by atoms with van der Waals surface area (Å²) in [6.45, 7) is 1.86. The minimum atomic E-state index is -1.03. The average molecular weight is 373 g/mol. The van der Waals surface area contributed by atoms with Crippen LogP contribution in [0.3, 0.4) is 0 Å². The van der Waals surface area contributed by atoms with Crippen molar-refractivity contribution in [3.05, 3.63) is 65.4 Å². The molecule has 6 nitrogen and oxygen atoms in total. The lowest BCUT2D eigenvalue weighted by molar-refractivity contribution is -0.153. The van der Waals surface area contributed by atoms with Crippen molar-refractivity contribution in [1.29, 1.82) is 0 Å². The van der Waals surface area contributed by atoms with Crippen LogP contribution in [0.4, 0.5) is 5.69 Å². The molecule has 2 aliphatic heterocycles. The third-order valence-electron chi connectivity index (χ3n) is 5.20. The quantitative estimate of drug-likeness (QED) is 0.421. The van der Waals surface area contributed by atoms with Crippen LogP contribution in [0.25, 0.3) is 21.5 Å². The molecule has 2 aliphatic rings. The van der Waals surface area contributed by atoms with Gasteiger partial charge in [-0.3, -0.25) is 4.79 Å². The maximum Gasteiger partial charge on any atom is 0.363 e. The highest BCUT2D eigenvalue weighted by atomic mass is 16.6. The van der Waals surface area contributed by atoms with E-state index in [1.807, 2.05) is 48.5 Å². The van der Waals surface area contributed by atoms with Gasteiger partial charge in [0.05, 0.1) is 17.9 Å². The fraction of sp³-hybridized carbons (Fsp3) is 0.136. The van der Waals surface area contributed by atoms with Crippen LogP contribution in [0.15, 0.2) is 59.8 Å². The van der Waals surface area contributed by atoms with Gasteiger partial charge in [0, 0.05) is 10.9 Å². The van der Waals surface area contributed by atoms with E-state index in [4.69, 9.17) is 9.47 Å². The zero-order chi connectivity index (χ0) is 19.4. The minimum absolute atomic E-state index is 0.0102. The predicted octanol–water partition coefficient (Wildman–Crippen LogP) is 3.40. The molecule has 0 spiro atoms. The van der Waals surface area contributed by atoms with Gasteiger partial charge in [0.25, 0.3) is 0 Å². The highest BCUT2D eigenvalue weighted by Crippen LogP contribution is 2.48. The third-order valence-corrected chi connectivity index (χ3v) is 5.20. The summed E-state index contributed by atoms with van der Waals surface area (Å²) in [5.41, 5.74) is 1.27. The number of hydrogen-bond donors (Lipinski definition) is 1. The second-order valence-electron chi connectivity index (χ2n) is 6.66. The summed E-state index contributed by atoms with van der Waals surface area (Å²) >= 11 is 0. The number of carbonyl (C=O) groups is 3. The molecule has 0 amide bonds. The molecule has 5 rings (SSSR count). The number of rotatable bonds is 2. The number of ether oxygens (including phenoxy) is 2. The standard InChI is InChI=1S/C22H15NO5/c1-2-27-20(24)16-15-13-9-5-3-7-11(13)12-8-4-6-10-14(12)18(15)23-19-17(16)21(25)28-22(19)26/h3-10,16,23H,2H2,1H3. The largest absolute Gasteiger partial charge is 0.465 e. The third kappa shape index (κ3) is 2.11. The SMILES string of the molecule is CCOC(=O)C1C2=C(Nc3c1c1ccccc1c1ccccc31)C(=O)OC2=O. The van der Waals surface area contributed by atoms with Gasteiger partial charge in [-0.1, -0.05) is 48.5 Å². The molecule has 0 fully saturated rings. The van der Waals surface area contributed by atoms with Crippen molar-refractivity contribution < 1.29 is 23.9 Å². The summed E-state index contributed by atoms with van der Waals surface area (Å²) in [6.07, 6.45) is 0. The van der Waals surface area contributed by atoms with Crippen molar-refractivity contribution in [1.82, 2.24) is 0 Å². The molecule has 0 bridgehead atoms. The zero-order valence-electron chi connectivity index (χ0n) is 14.9. The summed E-state index contributed by atoms with van der Waals surface area (Å²) in [5.74, 6) is -3.20. The number of cyclic esters (lactones) is 2. The van der Waals surface area contributed by atoms with Gasteiger partial charge in [-0.2, -0.15) is 0 Å². The Morgan fingerprint density at radius 3 is 2.25 bits per heavy atom. The van der Waals surface area contributed by atoms with Crippen molar-refractivity contribution in [2.75, 3.05) is 11.9 Å². The van der Waals surface area contributed by atoms with Gasteiger partial charge in [-0.05, 0) is 23.1 Å². The number of esters is 3. The highest BCUT2D eigenvalue weighted by Gasteiger charge is 2.47. The van der Waals surface area contributed by atoms with Crippen LogP contribution in [0.5, 0.6) is 0 Å². The molecule has 6 heteroatoms. The molecule has 1 atom stereocenters. The molecule has 2 heterocycles. The van der Waals surface area contributed by atoms with Crippen LogP contribution >= 0.6 is 0 Å². The van der Waals surface area contributed by atoms with E-state index in [1.165, 1.54) is 0 Å². The van der Waals surface area contributed by atoms with Gasteiger partial charge in [0.1, 0.15) is 11.6 Å². The van der Waals surface area contributed by atoms with Crippen LogP contribution in [0, 0.1) is 0 Å². The predicted molar refractivity (Wildman–Crippen MR) is 103 cm³/mol. The second kappa shape index (κ2) is 5.92. The number of carbonyl (C=O) groups excluding carboxylic acids is 3. The molecule has 0 saturated carbocycles. The molecule has 0 radical (unpaired) electrons. The zero-order valence-corrected chi connectivity index (χ0v) is 14.9. The molecule has 3 aromatic rings. The Labute approximate surface area is 159 Å². The lowest BCUT2D eigenvalue weighted by atomic mass is 9.81. The first-order valence-corrected chi connectivity index (χ1v) is 8.99.